The molecule has 0 atom stereocenters. The third-order valence-electron chi connectivity index (χ3n) is 2.47. The maximum atomic E-state index is 13.7. The standard InChI is InChI=1S/C15H11FN2O2/c16-14-10-12(4-3-11(14)2-1-9-19)15(20)18-13-5-7-17-8-6-13/h3-8,10,19H,9H2,(H,17,18,20). The van der Waals surface area contributed by atoms with Crippen molar-refractivity contribution in [2.75, 3.05) is 11.9 Å². The Morgan fingerprint density at radius 3 is 2.70 bits per heavy atom. The Morgan fingerprint density at radius 2 is 2.05 bits per heavy atom. The Hall–Kier alpha value is -2.71. The van der Waals surface area contributed by atoms with Crippen LogP contribution in [0, 0.1) is 17.7 Å². The van der Waals surface area contributed by atoms with E-state index in [-0.39, 0.29) is 17.7 Å². The van der Waals surface area contributed by atoms with Crippen LogP contribution in [0.25, 0.3) is 0 Å². The number of benzene rings is 1. The number of nitrogens with zero attached hydrogens (tertiary/aromatic N) is 1. The van der Waals surface area contributed by atoms with Crippen molar-refractivity contribution >= 4 is 11.6 Å². The highest BCUT2D eigenvalue weighted by molar-refractivity contribution is 6.04. The van der Waals surface area contributed by atoms with Crippen molar-refractivity contribution in [2.45, 2.75) is 0 Å². The van der Waals surface area contributed by atoms with Gasteiger partial charge in [0.25, 0.3) is 5.91 Å². The summed E-state index contributed by atoms with van der Waals surface area (Å²) in [6.45, 7) is -0.344. The van der Waals surface area contributed by atoms with E-state index in [1.807, 2.05) is 0 Å². The third kappa shape index (κ3) is 3.40. The third-order valence-corrected chi connectivity index (χ3v) is 2.47. The monoisotopic (exact) mass is 270 g/mol. The predicted molar refractivity (Wildman–Crippen MR) is 72.6 cm³/mol. The zero-order valence-corrected chi connectivity index (χ0v) is 10.4. The molecule has 20 heavy (non-hydrogen) atoms. The van der Waals surface area contributed by atoms with E-state index in [2.05, 4.69) is 22.1 Å². The molecule has 0 fully saturated rings. The average Bonchev–Trinajstić information content (AvgIpc) is 2.47. The summed E-state index contributed by atoms with van der Waals surface area (Å²) in [6.07, 6.45) is 3.09. The minimum Gasteiger partial charge on any atom is -0.384 e. The molecule has 0 bridgehead atoms. The smallest absolute Gasteiger partial charge is 0.255 e. The van der Waals surface area contributed by atoms with Crippen molar-refractivity contribution in [3.8, 4) is 11.8 Å². The summed E-state index contributed by atoms with van der Waals surface area (Å²) < 4.78 is 13.7. The van der Waals surface area contributed by atoms with Crippen LogP contribution in [0.3, 0.4) is 0 Å². The lowest BCUT2D eigenvalue weighted by atomic mass is 10.1. The van der Waals surface area contributed by atoms with Gasteiger partial charge in [-0.3, -0.25) is 9.78 Å². The van der Waals surface area contributed by atoms with E-state index >= 15 is 0 Å². The van der Waals surface area contributed by atoms with Crippen LogP contribution in [0.2, 0.25) is 0 Å². The topological polar surface area (TPSA) is 62.2 Å². The number of carbonyl (C=O) groups is 1. The highest BCUT2D eigenvalue weighted by atomic mass is 19.1. The van der Waals surface area contributed by atoms with Gasteiger partial charge in [-0.05, 0) is 30.3 Å². The van der Waals surface area contributed by atoms with Crippen LogP contribution in [0.5, 0.6) is 0 Å². The first kappa shape index (κ1) is 13.7. The highest BCUT2D eigenvalue weighted by Gasteiger charge is 2.09. The normalized spacial score (nSPS) is 9.50. The van der Waals surface area contributed by atoms with Gasteiger partial charge in [0, 0.05) is 23.6 Å². The maximum Gasteiger partial charge on any atom is 0.255 e. The molecule has 0 saturated heterocycles. The molecule has 2 N–H and O–H groups in total. The molecule has 4 nitrogen and oxygen atoms in total. The van der Waals surface area contributed by atoms with Gasteiger partial charge in [0.15, 0.2) is 0 Å². The van der Waals surface area contributed by atoms with Gasteiger partial charge in [0.2, 0.25) is 0 Å². The number of nitrogens with one attached hydrogen (secondary N) is 1. The zero-order valence-electron chi connectivity index (χ0n) is 10.4. The number of pyridine rings is 1. The van der Waals surface area contributed by atoms with Crippen molar-refractivity contribution in [3.05, 3.63) is 59.7 Å². The fourth-order valence-corrected chi connectivity index (χ4v) is 1.53. The van der Waals surface area contributed by atoms with Gasteiger partial charge >= 0.3 is 0 Å². The summed E-state index contributed by atoms with van der Waals surface area (Å²) in [4.78, 5) is 15.8. The second-order valence-electron chi connectivity index (χ2n) is 3.84. The van der Waals surface area contributed by atoms with Crippen LogP contribution in [-0.4, -0.2) is 22.6 Å². The molecule has 0 radical (unpaired) electrons. The van der Waals surface area contributed by atoms with E-state index in [0.29, 0.717) is 5.69 Å². The molecule has 0 aliphatic heterocycles. The van der Waals surface area contributed by atoms with Crippen LogP contribution in [0.4, 0.5) is 10.1 Å². The Balaban J connectivity index is 2.17. The lowest BCUT2D eigenvalue weighted by molar-refractivity contribution is 0.102. The fourth-order valence-electron chi connectivity index (χ4n) is 1.53. The van der Waals surface area contributed by atoms with Gasteiger partial charge in [-0.2, -0.15) is 0 Å². The van der Waals surface area contributed by atoms with Crippen molar-refractivity contribution in [1.82, 2.24) is 4.98 Å². The van der Waals surface area contributed by atoms with E-state index in [4.69, 9.17) is 5.11 Å². The number of anilines is 1. The summed E-state index contributed by atoms with van der Waals surface area (Å²) in [6, 6.07) is 7.25. The zero-order chi connectivity index (χ0) is 14.4. The van der Waals surface area contributed by atoms with Crippen LogP contribution in [0.15, 0.2) is 42.7 Å². The molecule has 1 aromatic heterocycles. The van der Waals surface area contributed by atoms with Gasteiger partial charge in [0.1, 0.15) is 12.4 Å². The molecule has 2 aromatic rings. The second kappa shape index (κ2) is 6.45. The molecule has 0 aliphatic carbocycles. The van der Waals surface area contributed by atoms with Crippen molar-refractivity contribution in [1.29, 1.82) is 0 Å². The number of carbonyl (C=O) groups excluding carboxylic acids is 1. The lowest BCUT2D eigenvalue weighted by Crippen LogP contribution is -2.12. The molecule has 0 unspecified atom stereocenters. The lowest BCUT2D eigenvalue weighted by Gasteiger charge is -2.05. The molecule has 1 amide bonds. The number of aliphatic hydroxyl groups excluding tert-OH is 1. The Bertz CT molecular complexity index is 675. The first-order valence-corrected chi connectivity index (χ1v) is 5.81. The number of rotatable bonds is 2. The molecular formula is C15H11FN2O2. The van der Waals surface area contributed by atoms with Crippen LogP contribution >= 0.6 is 0 Å². The maximum absolute atomic E-state index is 13.7. The van der Waals surface area contributed by atoms with Crippen LogP contribution in [0.1, 0.15) is 15.9 Å². The average molecular weight is 270 g/mol. The number of hydrogen-bond donors (Lipinski definition) is 2. The summed E-state index contributed by atoms with van der Waals surface area (Å²) in [5.41, 5.74) is 0.905. The molecule has 0 saturated carbocycles. The van der Waals surface area contributed by atoms with E-state index in [0.717, 1.165) is 6.07 Å². The van der Waals surface area contributed by atoms with E-state index in [9.17, 15) is 9.18 Å². The number of hydrogen-bond acceptors (Lipinski definition) is 3. The van der Waals surface area contributed by atoms with Crippen LogP contribution in [-0.2, 0) is 0 Å². The minimum absolute atomic E-state index is 0.138. The van der Waals surface area contributed by atoms with Gasteiger partial charge in [0.05, 0.1) is 5.56 Å². The minimum atomic E-state index is -0.603. The van der Waals surface area contributed by atoms with Gasteiger partial charge in [-0.25, -0.2) is 4.39 Å². The van der Waals surface area contributed by atoms with Crippen molar-refractivity contribution in [3.63, 3.8) is 0 Å². The molecule has 0 spiro atoms. The highest BCUT2D eigenvalue weighted by Crippen LogP contribution is 2.12. The summed E-state index contributed by atoms with van der Waals surface area (Å²) in [5.74, 6) is 3.79. The van der Waals surface area contributed by atoms with E-state index in [1.165, 1.54) is 12.1 Å². The van der Waals surface area contributed by atoms with Crippen molar-refractivity contribution in [2.24, 2.45) is 0 Å². The first-order valence-electron chi connectivity index (χ1n) is 5.81. The summed E-state index contributed by atoms with van der Waals surface area (Å²) >= 11 is 0. The predicted octanol–water partition coefficient (Wildman–Crippen LogP) is 1.82. The number of amides is 1. The molecular weight excluding hydrogens is 259 g/mol. The fraction of sp³-hybridized carbons (Fsp3) is 0.0667. The molecule has 100 valence electrons. The van der Waals surface area contributed by atoms with Crippen LogP contribution < -0.4 is 5.32 Å². The first-order chi connectivity index (χ1) is 9.70. The van der Waals surface area contributed by atoms with E-state index in [1.54, 1.807) is 24.5 Å². The molecule has 2 rings (SSSR count). The second-order valence-corrected chi connectivity index (χ2v) is 3.84. The number of aliphatic hydroxyl groups is 1. The molecule has 1 heterocycles. The van der Waals surface area contributed by atoms with Gasteiger partial charge in [-0.1, -0.05) is 11.8 Å². The number of aromatic nitrogens is 1. The SMILES string of the molecule is O=C(Nc1ccncc1)c1ccc(C#CCO)c(F)c1. The summed E-state index contributed by atoms with van der Waals surface area (Å²) in [5, 5.41) is 11.2. The number of halogens is 1. The largest absolute Gasteiger partial charge is 0.384 e. The Labute approximate surface area is 115 Å². The van der Waals surface area contributed by atoms with Crippen molar-refractivity contribution < 1.29 is 14.3 Å². The Morgan fingerprint density at radius 1 is 1.30 bits per heavy atom. The van der Waals surface area contributed by atoms with E-state index < -0.39 is 11.7 Å². The van der Waals surface area contributed by atoms with Gasteiger partial charge in [-0.15, -0.1) is 0 Å². The quantitative estimate of drug-likeness (QED) is 0.818. The van der Waals surface area contributed by atoms with Gasteiger partial charge < -0.3 is 10.4 Å². The summed E-state index contributed by atoms with van der Waals surface area (Å²) in [7, 11) is 0. The Kier molecular flexibility index (Phi) is 4.43. The molecule has 0 aliphatic rings. The molecule has 1 aromatic carbocycles. The molecule has 5 heteroatoms.